The minimum absolute atomic E-state index is 0. The molecule has 0 aromatic heterocycles. The Hall–Kier alpha value is -0.940. The summed E-state index contributed by atoms with van der Waals surface area (Å²) in [5.74, 6) is 1.39. The van der Waals surface area contributed by atoms with E-state index < -0.39 is 0 Å². The lowest BCUT2D eigenvalue weighted by molar-refractivity contribution is 0.00752. The number of hydrogen-bond acceptors (Lipinski definition) is 5. The van der Waals surface area contributed by atoms with Gasteiger partial charge in [0.25, 0.3) is 0 Å². The van der Waals surface area contributed by atoms with E-state index >= 15 is 0 Å². The normalized spacial score (nSPS) is 16.1. The van der Waals surface area contributed by atoms with Crippen LogP contribution in [-0.2, 0) is 27.4 Å². The minimum Gasteiger partial charge on any atom is -0.379 e. The average molecular weight is 549 g/mol. The van der Waals surface area contributed by atoms with Crippen molar-refractivity contribution in [2.24, 2.45) is 10.9 Å². The lowest BCUT2D eigenvalue weighted by Crippen LogP contribution is -2.52. The van der Waals surface area contributed by atoms with Crippen LogP contribution in [0.3, 0.4) is 0 Å². The summed E-state index contributed by atoms with van der Waals surface area (Å²) in [5, 5.41) is 6.93. The highest BCUT2D eigenvalue weighted by Crippen LogP contribution is 2.12. The van der Waals surface area contributed by atoms with Crippen LogP contribution in [-0.4, -0.2) is 76.6 Å². The molecule has 31 heavy (non-hydrogen) atoms. The van der Waals surface area contributed by atoms with Gasteiger partial charge in [-0.05, 0) is 24.0 Å². The summed E-state index contributed by atoms with van der Waals surface area (Å²) in [6.45, 7) is 14.4. The number of rotatable bonds is 12. The smallest absolute Gasteiger partial charge is 0.191 e. The zero-order valence-electron chi connectivity index (χ0n) is 19.6. The van der Waals surface area contributed by atoms with Gasteiger partial charge >= 0.3 is 0 Å². The van der Waals surface area contributed by atoms with Gasteiger partial charge in [0.1, 0.15) is 0 Å². The Morgan fingerprint density at radius 1 is 1.13 bits per heavy atom. The molecule has 2 N–H and O–H groups in total. The average Bonchev–Trinajstić information content (AvgIpc) is 2.76. The second-order valence-corrected chi connectivity index (χ2v) is 7.84. The fourth-order valence-electron chi connectivity index (χ4n) is 3.58. The number of nitrogens with one attached hydrogen (secondary N) is 2. The summed E-state index contributed by atoms with van der Waals surface area (Å²) in [5.41, 5.74) is 2.37. The van der Waals surface area contributed by atoms with Gasteiger partial charge in [0.05, 0.1) is 33.0 Å². The molecule has 178 valence electrons. The molecule has 2 rings (SSSR count). The lowest BCUT2D eigenvalue weighted by Gasteiger charge is -2.37. The van der Waals surface area contributed by atoms with Crippen LogP contribution in [0.2, 0.25) is 0 Å². The molecule has 0 aliphatic carbocycles. The topological polar surface area (TPSA) is 67.4 Å². The highest BCUT2D eigenvalue weighted by atomic mass is 127. The van der Waals surface area contributed by atoms with Gasteiger partial charge in [-0.25, -0.2) is 0 Å². The van der Waals surface area contributed by atoms with Crippen LogP contribution in [0.1, 0.15) is 31.9 Å². The predicted octanol–water partition coefficient (Wildman–Crippen LogP) is 2.88. The van der Waals surface area contributed by atoms with Gasteiger partial charge in [0.15, 0.2) is 5.96 Å². The Bertz CT molecular complexity index is 625. The maximum absolute atomic E-state index is 5.67. The van der Waals surface area contributed by atoms with Crippen LogP contribution in [0.5, 0.6) is 0 Å². The molecule has 1 aliphatic rings. The first kappa shape index (κ1) is 28.1. The Kier molecular flexibility index (Phi) is 15.1. The van der Waals surface area contributed by atoms with E-state index in [-0.39, 0.29) is 24.0 Å². The molecule has 1 aliphatic heterocycles. The molecule has 1 fully saturated rings. The molecule has 1 saturated heterocycles. The Balaban J connectivity index is 0.00000480. The fraction of sp³-hybridized carbons (Fsp3) is 0.696. The molecule has 0 spiro atoms. The van der Waals surface area contributed by atoms with E-state index in [2.05, 4.69) is 58.6 Å². The van der Waals surface area contributed by atoms with Crippen molar-refractivity contribution in [3.05, 3.63) is 35.4 Å². The molecule has 1 aromatic rings. The molecule has 0 bridgehead atoms. The first-order chi connectivity index (χ1) is 14.6. The van der Waals surface area contributed by atoms with E-state index in [1.807, 2.05) is 14.0 Å². The minimum atomic E-state index is 0. The number of morpholine rings is 1. The van der Waals surface area contributed by atoms with Crippen molar-refractivity contribution in [2.45, 2.75) is 40.0 Å². The SMILES string of the molecule is CCOCCOCc1cccc(CNC(=NC)NCC(C(C)C)N2CCOCC2)c1.I. The number of nitrogens with zero attached hydrogens (tertiary/aromatic N) is 2. The zero-order chi connectivity index (χ0) is 21.6. The van der Waals surface area contributed by atoms with Gasteiger partial charge in [-0.15, -0.1) is 24.0 Å². The van der Waals surface area contributed by atoms with Crippen LogP contribution in [0.15, 0.2) is 29.3 Å². The maximum Gasteiger partial charge on any atom is 0.191 e. The fourth-order valence-corrected chi connectivity index (χ4v) is 3.58. The van der Waals surface area contributed by atoms with Gasteiger partial charge in [-0.1, -0.05) is 38.1 Å². The van der Waals surface area contributed by atoms with E-state index in [4.69, 9.17) is 14.2 Å². The summed E-state index contributed by atoms with van der Waals surface area (Å²) >= 11 is 0. The van der Waals surface area contributed by atoms with Crippen molar-refractivity contribution in [3.63, 3.8) is 0 Å². The number of hydrogen-bond donors (Lipinski definition) is 2. The third-order valence-electron chi connectivity index (χ3n) is 5.28. The monoisotopic (exact) mass is 548 g/mol. The first-order valence-electron chi connectivity index (χ1n) is 11.1. The van der Waals surface area contributed by atoms with Crippen LogP contribution >= 0.6 is 24.0 Å². The van der Waals surface area contributed by atoms with Crippen molar-refractivity contribution >= 4 is 29.9 Å². The number of aliphatic imine (C=N–C) groups is 1. The molecular formula is C23H41IN4O3. The molecule has 1 aromatic carbocycles. The van der Waals surface area contributed by atoms with E-state index in [1.54, 1.807) is 0 Å². The summed E-state index contributed by atoms with van der Waals surface area (Å²) in [4.78, 5) is 6.91. The highest BCUT2D eigenvalue weighted by molar-refractivity contribution is 14.0. The quantitative estimate of drug-likeness (QED) is 0.181. The van der Waals surface area contributed by atoms with Gasteiger partial charge in [0, 0.05) is 45.9 Å². The number of ether oxygens (including phenoxy) is 3. The highest BCUT2D eigenvalue weighted by Gasteiger charge is 2.23. The van der Waals surface area contributed by atoms with Gasteiger partial charge in [0.2, 0.25) is 0 Å². The number of guanidine groups is 1. The van der Waals surface area contributed by atoms with E-state index in [0.717, 1.165) is 52.0 Å². The van der Waals surface area contributed by atoms with Gasteiger partial charge < -0.3 is 24.8 Å². The molecule has 7 nitrogen and oxygen atoms in total. The Morgan fingerprint density at radius 2 is 1.84 bits per heavy atom. The predicted molar refractivity (Wildman–Crippen MR) is 137 cm³/mol. The second kappa shape index (κ2) is 16.7. The molecular weight excluding hydrogens is 507 g/mol. The van der Waals surface area contributed by atoms with Crippen molar-refractivity contribution < 1.29 is 14.2 Å². The van der Waals surface area contributed by atoms with Crippen molar-refractivity contribution in [2.75, 3.05) is 59.7 Å². The van der Waals surface area contributed by atoms with Crippen molar-refractivity contribution in [1.29, 1.82) is 0 Å². The van der Waals surface area contributed by atoms with Crippen LogP contribution in [0.25, 0.3) is 0 Å². The maximum atomic E-state index is 5.67. The standard InChI is InChI=1S/C23H40N4O3.HI/c1-5-28-13-14-30-18-21-8-6-7-20(15-21)16-25-23(24-4)26-17-22(19(2)3)27-9-11-29-12-10-27;/h6-8,15,19,22H,5,9-14,16-18H2,1-4H3,(H2,24,25,26);1H. The molecule has 1 unspecified atom stereocenters. The molecule has 0 amide bonds. The molecule has 0 radical (unpaired) electrons. The zero-order valence-corrected chi connectivity index (χ0v) is 21.9. The van der Waals surface area contributed by atoms with Crippen molar-refractivity contribution in [3.8, 4) is 0 Å². The van der Waals surface area contributed by atoms with E-state index in [1.165, 1.54) is 11.1 Å². The number of halogens is 1. The Labute approximate surface area is 205 Å². The molecule has 0 saturated carbocycles. The summed E-state index contributed by atoms with van der Waals surface area (Å²) in [6, 6.07) is 8.92. The Morgan fingerprint density at radius 3 is 2.52 bits per heavy atom. The third kappa shape index (κ3) is 11.0. The molecule has 8 heteroatoms. The second-order valence-electron chi connectivity index (χ2n) is 7.84. The summed E-state index contributed by atoms with van der Waals surface area (Å²) in [7, 11) is 1.82. The van der Waals surface area contributed by atoms with E-state index in [0.29, 0.717) is 31.8 Å². The number of benzene rings is 1. The first-order valence-corrected chi connectivity index (χ1v) is 11.1. The van der Waals surface area contributed by atoms with Gasteiger partial charge in [-0.3, -0.25) is 9.89 Å². The van der Waals surface area contributed by atoms with Crippen LogP contribution in [0, 0.1) is 5.92 Å². The van der Waals surface area contributed by atoms with Crippen LogP contribution < -0.4 is 10.6 Å². The molecule has 1 heterocycles. The van der Waals surface area contributed by atoms with Crippen molar-refractivity contribution in [1.82, 2.24) is 15.5 Å². The molecule has 1 atom stereocenters. The third-order valence-corrected chi connectivity index (χ3v) is 5.28. The van der Waals surface area contributed by atoms with Gasteiger partial charge in [-0.2, -0.15) is 0 Å². The lowest BCUT2D eigenvalue weighted by atomic mass is 10.0. The summed E-state index contributed by atoms with van der Waals surface area (Å²) in [6.07, 6.45) is 0. The van der Waals surface area contributed by atoms with Crippen LogP contribution in [0.4, 0.5) is 0 Å². The largest absolute Gasteiger partial charge is 0.379 e. The summed E-state index contributed by atoms with van der Waals surface area (Å²) < 4.78 is 16.5. The van der Waals surface area contributed by atoms with E-state index in [9.17, 15) is 0 Å².